The standard InChI is InChI=1S/C7H15N.C2H6.CH4/c1-7-3-5-8(2)6-4-7;1-2;/h7H,3-6H2,1-2H3;1-2H3;1H4. The molecule has 1 heteroatoms. The Morgan fingerprint density at radius 2 is 1.45 bits per heavy atom. The number of hydrogen-bond acceptors (Lipinski definition) is 1. The van der Waals surface area contributed by atoms with Crippen LogP contribution in [0.25, 0.3) is 0 Å². The van der Waals surface area contributed by atoms with Crippen LogP contribution in [0, 0.1) is 5.92 Å². The highest BCUT2D eigenvalue weighted by molar-refractivity contribution is 4.65. The first-order chi connectivity index (χ1) is 4.79. The van der Waals surface area contributed by atoms with Gasteiger partial charge in [0.15, 0.2) is 0 Å². The van der Waals surface area contributed by atoms with Gasteiger partial charge in [-0.05, 0) is 38.9 Å². The molecule has 1 aliphatic heterocycles. The van der Waals surface area contributed by atoms with Crippen LogP contribution in [0.4, 0.5) is 0 Å². The Morgan fingerprint density at radius 1 is 1.09 bits per heavy atom. The van der Waals surface area contributed by atoms with Gasteiger partial charge >= 0.3 is 0 Å². The Kier molecular flexibility index (Phi) is 9.92. The highest BCUT2D eigenvalue weighted by atomic mass is 15.1. The number of hydrogen-bond donors (Lipinski definition) is 0. The number of piperidine rings is 1. The molecule has 0 saturated carbocycles. The van der Waals surface area contributed by atoms with Crippen molar-refractivity contribution in [1.29, 1.82) is 0 Å². The van der Waals surface area contributed by atoms with Gasteiger partial charge in [-0.3, -0.25) is 0 Å². The van der Waals surface area contributed by atoms with E-state index in [0.717, 1.165) is 5.92 Å². The van der Waals surface area contributed by atoms with E-state index in [1.54, 1.807) is 0 Å². The average Bonchev–Trinajstić information content (AvgIpc) is 2.00. The van der Waals surface area contributed by atoms with Crippen LogP contribution < -0.4 is 0 Å². The molecule has 0 aromatic carbocycles. The molecule has 1 saturated heterocycles. The van der Waals surface area contributed by atoms with Gasteiger partial charge in [-0.2, -0.15) is 0 Å². The first-order valence-electron chi connectivity index (χ1n) is 4.47. The number of likely N-dealkylation sites (tertiary alicyclic amines) is 1. The van der Waals surface area contributed by atoms with Crippen molar-refractivity contribution in [3.63, 3.8) is 0 Å². The van der Waals surface area contributed by atoms with E-state index < -0.39 is 0 Å². The smallest absolute Gasteiger partial charge is 0.00192 e. The molecule has 1 nitrogen and oxygen atoms in total. The molecular weight excluding hydrogens is 134 g/mol. The summed E-state index contributed by atoms with van der Waals surface area (Å²) in [5.41, 5.74) is 0. The maximum atomic E-state index is 2.40. The molecular formula is C10H25N. The maximum absolute atomic E-state index is 2.40. The van der Waals surface area contributed by atoms with Crippen molar-refractivity contribution in [2.24, 2.45) is 5.92 Å². The zero-order chi connectivity index (χ0) is 7.98. The van der Waals surface area contributed by atoms with Gasteiger partial charge in [-0.25, -0.2) is 0 Å². The summed E-state index contributed by atoms with van der Waals surface area (Å²) in [6, 6.07) is 0. The fourth-order valence-corrected chi connectivity index (χ4v) is 1.14. The van der Waals surface area contributed by atoms with Gasteiger partial charge in [0.05, 0.1) is 0 Å². The lowest BCUT2D eigenvalue weighted by atomic mass is 10.00. The molecule has 0 aliphatic carbocycles. The van der Waals surface area contributed by atoms with Crippen LogP contribution in [0.5, 0.6) is 0 Å². The van der Waals surface area contributed by atoms with E-state index in [4.69, 9.17) is 0 Å². The minimum atomic E-state index is 0. The molecule has 1 fully saturated rings. The van der Waals surface area contributed by atoms with Gasteiger partial charge < -0.3 is 4.90 Å². The Labute approximate surface area is 72.8 Å². The molecule has 0 spiro atoms. The minimum absolute atomic E-state index is 0. The number of rotatable bonds is 0. The predicted molar refractivity (Wildman–Crippen MR) is 54.0 cm³/mol. The lowest BCUT2D eigenvalue weighted by molar-refractivity contribution is 0.230. The Hall–Kier alpha value is -0.0400. The average molecular weight is 159 g/mol. The van der Waals surface area contributed by atoms with Crippen LogP contribution in [-0.2, 0) is 0 Å². The first kappa shape index (κ1) is 13.5. The molecule has 0 N–H and O–H groups in total. The van der Waals surface area contributed by atoms with Crippen molar-refractivity contribution >= 4 is 0 Å². The summed E-state index contributed by atoms with van der Waals surface area (Å²) in [4.78, 5) is 2.40. The quantitative estimate of drug-likeness (QED) is 0.525. The van der Waals surface area contributed by atoms with Gasteiger partial charge in [0.2, 0.25) is 0 Å². The lowest BCUT2D eigenvalue weighted by Crippen LogP contribution is -2.28. The van der Waals surface area contributed by atoms with E-state index in [1.807, 2.05) is 13.8 Å². The molecule has 1 heterocycles. The first-order valence-corrected chi connectivity index (χ1v) is 4.47. The van der Waals surface area contributed by atoms with Gasteiger partial charge in [-0.15, -0.1) is 0 Å². The third-order valence-corrected chi connectivity index (χ3v) is 2.01. The van der Waals surface area contributed by atoms with E-state index in [2.05, 4.69) is 18.9 Å². The van der Waals surface area contributed by atoms with Crippen LogP contribution in [-0.4, -0.2) is 25.0 Å². The minimum Gasteiger partial charge on any atom is -0.306 e. The number of nitrogens with zero attached hydrogens (tertiary/aromatic N) is 1. The molecule has 1 rings (SSSR count). The van der Waals surface area contributed by atoms with E-state index in [-0.39, 0.29) is 7.43 Å². The Balaban J connectivity index is 0. The fourth-order valence-electron chi connectivity index (χ4n) is 1.14. The van der Waals surface area contributed by atoms with Crippen molar-refractivity contribution < 1.29 is 0 Å². The SMILES string of the molecule is C.CC.CC1CCN(C)CC1. The van der Waals surface area contributed by atoms with Crippen LogP contribution in [0.3, 0.4) is 0 Å². The molecule has 0 aromatic heterocycles. The summed E-state index contributed by atoms with van der Waals surface area (Å²) < 4.78 is 0. The largest absolute Gasteiger partial charge is 0.306 e. The Morgan fingerprint density at radius 3 is 1.73 bits per heavy atom. The summed E-state index contributed by atoms with van der Waals surface area (Å²) in [6.45, 7) is 8.95. The van der Waals surface area contributed by atoms with E-state index in [0.29, 0.717) is 0 Å². The third-order valence-electron chi connectivity index (χ3n) is 2.01. The second-order valence-electron chi connectivity index (χ2n) is 2.99. The zero-order valence-electron chi connectivity index (χ0n) is 7.85. The van der Waals surface area contributed by atoms with Crippen LogP contribution in [0.15, 0.2) is 0 Å². The summed E-state index contributed by atoms with van der Waals surface area (Å²) in [7, 11) is 2.20. The topological polar surface area (TPSA) is 3.24 Å². The molecule has 0 atom stereocenters. The molecule has 0 aromatic rings. The Bertz CT molecular complexity index is 53.3. The van der Waals surface area contributed by atoms with Gasteiger partial charge in [0.25, 0.3) is 0 Å². The van der Waals surface area contributed by atoms with Crippen LogP contribution in [0.1, 0.15) is 41.0 Å². The van der Waals surface area contributed by atoms with Crippen molar-refractivity contribution in [3.8, 4) is 0 Å². The van der Waals surface area contributed by atoms with Crippen molar-refractivity contribution in [2.45, 2.75) is 41.0 Å². The van der Waals surface area contributed by atoms with Crippen LogP contribution >= 0.6 is 0 Å². The molecule has 0 radical (unpaired) electrons. The summed E-state index contributed by atoms with van der Waals surface area (Å²) in [5.74, 6) is 0.978. The van der Waals surface area contributed by atoms with Gasteiger partial charge in [0.1, 0.15) is 0 Å². The van der Waals surface area contributed by atoms with Gasteiger partial charge in [-0.1, -0.05) is 28.2 Å². The van der Waals surface area contributed by atoms with Crippen molar-refractivity contribution in [1.82, 2.24) is 4.90 Å². The second kappa shape index (κ2) is 8.06. The highest BCUT2D eigenvalue weighted by Crippen LogP contribution is 2.13. The fraction of sp³-hybridized carbons (Fsp3) is 1.00. The molecule has 11 heavy (non-hydrogen) atoms. The molecule has 0 bridgehead atoms. The molecule has 70 valence electrons. The normalized spacial score (nSPS) is 19.6. The summed E-state index contributed by atoms with van der Waals surface area (Å²) >= 11 is 0. The van der Waals surface area contributed by atoms with E-state index >= 15 is 0 Å². The van der Waals surface area contributed by atoms with E-state index in [9.17, 15) is 0 Å². The second-order valence-corrected chi connectivity index (χ2v) is 2.99. The van der Waals surface area contributed by atoms with Crippen molar-refractivity contribution in [2.75, 3.05) is 20.1 Å². The summed E-state index contributed by atoms with van der Waals surface area (Å²) in [6.07, 6.45) is 2.80. The molecule has 0 amide bonds. The van der Waals surface area contributed by atoms with Crippen molar-refractivity contribution in [3.05, 3.63) is 0 Å². The highest BCUT2D eigenvalue weighted by Gasteiger charge is 2.10. The van der Waals surface area contributed by atoms with E-state index in [1.165, 1.54) is 25.9 Å². The lowest BCUT2D eigenvalue weighted by Gasteiger charge is -2.26. The monoisotopic (exact) mass is 159 g/mol. The predicted octanol–water partition coefficient (Wildman–Crippen LogP) is 3.01. The molecule has 1 aliphatic rings. The van der Waals surface area contributed by atoms with Gasteiger partial charge in [0, 0.05) is 0 Å². The summed E-state index contributed by atoms with van der Waals surface area (Å²) in [5, 5.41) is 0. The van der Waals surface area contributed by atoms with Crippen LogP contribution in [0.2, 0.25) is 0 Å². The maximum Gasteiger partial charge on any atom is -0.00192 e. The third kappa shape index (κ3) is 6.36. The zero-order valence-corrected chi connectivity index (χ0v) is 7.85. The molecule has 0 unspecified atom stereocenters.